The largest absolute Gasteiger partial charge is 0.352 e. The fourth-order valence-electron chi connectivity index (χ4n) is 4.59. The van der Waals surface area contributed by atoms with Crippen LogP contribution in [0.1, 0.15) is 56.4 Å². The minimum atomic E-state index is -4.10. The van der Waals surface area contributed by atoms with E-state index in [0.717, 1.165) is 22.3 Å². The SMILES string of the molecule is CCc1ccccc1N(CC(=O)N(Cc1ccc(C)cc1)[C@@H](CC)C(=O)NC(C)C)S(=O)(=O)c1ccc(C)cc1. The van der Waals surface area contributed by atoms with Crippen molar-refractivity contribution in [3.05, 3.63) is 95.1 Å². The maximum Gasteiger partial charge on any atom is 0.264 e. The first-order valence-electron chi connectivity index (χ1n) is 13.8. The molecule has 7 nitrogen and oxygen atoms in total. The maximum absolute atomic E-state index is 14.2. The molecule has 0 spiro atoms. The minimum absolute atomic E-state index is 0.103. The Bertz CT molecular complexity index is 1400. The maximum atomic E-state index is 14.2. The highest BCUT2D eigenvalue weighted by Crippen LogP contribution is 2.28. The van der Waals surface area contributed by atoms with Gasteiger partial charge in [0.1, 0.15) is 12.6 Å². The number of sulfonamides is 1. The fraction of sp³-hybridized carbons (Fsp3) is 0.375. The molecule has 214 valence electrons. The van der Waals surface area contributed by atoms with Crippen molar-refractivity contribution in [2.24, 2.45) is 0 Å². The first-order chi connectivity index (χ1) is 19.0. The van der Waals surface area contributed by atoms with Crippen molar-refractivity contribution in [1.82, 2.24) is 10.2 Å². The lowest BCUT2D eigenvalue weighted by molar-refractivity contribution is -0.140. The average Bonchev–Trinajstić information content (AvgIpc) is 2.92. The van der Waals surface area contributed by atoms with Gasteiger partial charge in [-0.3, -0.25) is 13.9 Å². The number of rotatable bonds is 12. The molecule has 0 saturated heterocycles. The van der Waals surface area contributed by atoms with Crippen LogP contribution < -0.4 is 9.62 Å². The summed E-state index contributed by atoms with van der Waals surface area (Å²) < 4.78 is 29.3. The van der Waals surface area contributed by atoms with E-state index in [0.29, 0.717) is 18.5 Å². The van der Waals surface area contributed by atoms with E-state index < -0.39 is 28.5 Å². The van der Waals surface area contributed by atoms with Crippen LogP contribution in [0.2, 0.25) is 0 Å². The third-order valence-electron chi connectivity index (χ3n) is 6.82. The zero-order valence-corrected chi connectivity index (χ0v) is 25.2. The van der Waals surface area contributed by atoms with Crippen molar-refractivity contribution in [2.75, 3.05) is 10.8 Å². The van der Waals surface area contributed by atoms with Gasteiger partial charge in [0.05, 0.1) is 10.6 Å². The van der Waals surface area contributed by atoms with Crippen LogP contribution in [-0.2, 0) is 32.6 Å². The Morgan fingerprint density at radius 1 is 0.850 bits per heavy atom. The van der Waals surface area contributed by atoms with Gasteiger partial charge in [0, 0.05) is 12.6 Å². The van der Waals surface area contributed by atoms with Crippen LogP contribution in [-0.4, -0.2) is 43.8 Å². The molecule has 8 heteroatoms. The Labute approximate surface area is 239 Å². The predicted molar refractivity (Wildman–Crippen MR) is 161 cm³/mol. The molecule has 3 aromatic carbocycles. The third-order valence-corrected chi connectivity index (χ3v) is 8.59. The molecule has 3 rings (SSSR count). The molecule has 0 aliphatic carbocycles. The number of aryl methyl sites for hydroxylation is 3. The smallest absolute Gasteiger partial charge is 0.264 e. The monoisotopic (exact) mass is 563 g/mol. The standard InChI is InChI=1S/C32H41N3O4S/c1-7-27-11-9-10-12-30(27)35(40(38,39)28-19-15-25(6)16-20-28)22-31(36)34(21-26-17-13-24(5)14-18-26)29(8-2)32(37)33-23(3)4/h9-20,23,29H,7-8,21-22H2,1-6H3,(H,33,37)/t29-/m0/s1. The van der Waals surface area contributed by atoms with Gasteiger partial charge in [0.15, 0.2) is 0 Å². The highest BCUT2D eigenvalue weighted by Gasteiger charge is 2.34. The molecule has 0 radical (unpaired) electrons. The highest BCUT2D eigenvalue weighted by molar-refractivity contribution is 7.92. The summed E-state index contributed by atoms with van der Waals surface area (Å²) in [5, 5.41) is 2.92. The van der Waals surface area contributed by atoms with Gasteiger partial charge in [-0.05, 0) is 69.9 Å². The lowest BCUT2D eigenvalue weighted by Gasteiger charge is -2.34. The van der Waals surface area contributed by atoms with Gasteiger partial charge in [0.25, 0.3) is 10.0 Å². The number of carbonyl (C=O) groups excluding carboxylic acids is 2. The molecule has 0 aliphatic heterocycles. The van der Waals surface area contributed by atoms with E-state index in [-0.39, 0.29) is 23.4 Å². The second kappa shape index (κ2) is 13.6. The Kier molecular flexibility index (Phi) is 10.5. The number of anilines is 1. The molecular weight excluding hydrogens is 522 g/mol. The second-order valence-corrected chi connectivity index (χ2v) is 12.3. The van der Waals surface area contributed by atoms with Crippen molar-refractivity contribution in [3.8, 4) is 0 Å². The van der Waals surface area contributed by atoms with Gasteiger partial charge in [0.2, 0.25) is 11.8 Å². The molecule has 0 bridgehead atoms. The van der Waals surface area contributed by atoms with Crippen molar-refractivity contribution in [3.63, 3.8) is 0 Å². The number of nitrogens with zero attached hydrogens (tertiary/aromatic N) is 2. The number of nitrogens with one attached hydrogen (secondary N) is 1. The van der Waals surface area contributed by atoms with Gasteiger partial charge in [-0.15, -0.1) is 0 Å². The van der Waals surface area contributed by atoms with Gasteiger partial charge >= 0.3 is 0 Å². The number of hydrogen-bond donors (Lipinski definition) is 1. The van der Waals surface area contributed by atoms with E-state index in [1.165, 1.54) is 9.21 Å². The lowest BCUT2D eigenvalue weighted by atomic mass is 10.1. The van der Waals surface area contributed by atoms with E-state index in [4.69, 9.17) is 0 Å². The molecule has 0 unspecified atom stereocenters. The van der Waals surface area contributed by atoms with Crippen molar-refractivity contribution < 1.29 is 18.0 Å². The minimum Gasteiger partial charge on any atom is -0.352 e. The van der Waals surface area contributed by atoms with Crippen LogP contribution in [0, 0.1) is 13.8 Å². The summed E-state index contributed by atoms with van der Waals surface area (Å²) in [5.74, 6) is -0.715. The summed E-state index contributed by atoms with van der Waals surface area (Å²) in [6.07, 6.45) is 0.970. The van der Waals surface area contributed by atoms with Crippen LogP contribution in [0.15, 0.2) is 77.7 Å². The Balaban J connectivity index is 2.09. The van der Waals surface area contributed by atoms with Gasteiger partial charge in [-0.1, -0.05) is 79.6 Å². The summed E-state index contributed by atoms with van der Waals surface area (Å²) in [5.41, 5.74) is 4.13. The quantitative estimate of drug-likeness (QED) is 0.320. The highest BCUT2D eigenvalue weighted by atomic mass is 32.2. The number of para-hydroxylation sites is 1. The van der Waals surface area contributed by atoms with Gasteiger partial charge in [-0.2, -0.15) is 0 Å². The second-order valence-electron chi connectivity index (χ2n) is 10.4. The van der Waals surface area contributed by atoms with E-state index in [1.54, 1.807) is 36.4 Å². The van der Waals surface area contributed by atoms with E-state index >= 15 is 0 Å². The number of hydrogen-bond acceptors (Lipinski definition) is 4. The molecule has 0 heterocycles. The zero-order chi connectivity index (χ0) is 29.4. The summed E-state index contributed by atoms with van der Waals surface area (Å²) in [7, 11) is -4.10. The number of amides is 2. The van der Waals surface area contributed by atoms with Crippen molar-refractivity contribution in [1.29, 1.82) is 0 Å². The molecule has 0 aliphatic rings. The molecular formula is C32H41N3O4S. The zero-order valence-electron chi connectivity index (χ0n) is 24.3. The molecule has 1 atom stereocenters. The van der Waals surface area contributed by atoms with Crippen molar-refractivity contribution in [2.45, 2.75) is 77.9 Å². The number of benzene rings is 3. The topological polar surface area (TPSA) is 86.8 Å². The van der Waals surface area contributed by atoms with Crippen LogP contribution >= 0.6 is 0 Å². The molecule has 3 aromatic rings. The average molecular weight is 564 g/mol. The number of carbonyl (C=O) groups is 2. The lowest BCUT2D eigenvalue weighted by Crippen LogP contribution is -2.53. The van der Waals surface area contributed by atoms with Gasteiger partial charge in [-0.25, -0.2) is 8.42 Å². The normalized spacial score (nSPS) is 12.2. The fourth-order valence-corrected chi connectivity index (χ4v) is 6.05. The van der Waals surface area contributed by atoms with Crippen LogP contribution in [0.3, 0.4) is 0 Å². The Hall–Kier alpha value is -3.65. The Morgan fingerprint density at radius 2 is 1.43 bits per heavy atom. The Morgan fingerprint density at radius 3 is 1.98 bits per heavy atom. The molecule has 40 heavy (non-hydrogen) atoms. The molecule has 0 fully saturated rings. The first-order valence-corrected chi connectivity index (χ1v) is 15.2. The van der Waals surface area contributed by atoms with E-state index in [9.17, 15) is 18.0 Å². The van der Waals surface area contributed by atoms with E-state index in [2.05, 4.69) is 5.32 Å². The first kappa shape index (κ1) is 30.9. The molecule has 2 amide bonds. The molecule has 0 aromatic heterocycles. The summed E-state index contributed by atoms with van der Waals surface area (Å²) in [6.45, 7) is 11.2. The summed E-state index contributed by atoms with van der Waals surface area (Å²) >= 11 is 0. The predicted octanol–water partition coefficient (Wildman–Crippen LogP) is 5.39. The summed E-state index contributed by atoms with van der Waals surface area (Å²) in [6, 6.07) is 20.7. The molecule has 1 N–H and O–H groups in total. The van der Waals surface area contributed by atoms with Crippen LogP contribution in [0.4, 0.5) is 5.69 Å². The third kappa shape index (κ3) is 7.50. The van der Waals surface area contributed by atoms with Crippen molar-refractivity contribution >= 4 is 27.5 Å². The van der Waals surface area contributed by atoms with Gasteiger partial charge < -0.3 is 10.2 Å². The summed E-state index contributed by atoms with van der Waals surface area (Å²) in [4.78, 5) is 29.0. The molecule has 0 saturated carbocycles. The van der Waals surface area contributed by atoms with Crippen LogP contribution in [0.25, 0.3) is 0 Å². The van der Waals surface area contributed by atoms with E-state index in [1.807, 2.05) is 77.9 Å². The van der Waals surface area contributed by atoms with Crippen LogP contribution in [0.5, 0.6) is 0 Å².